The van der Waals surface area contributed by atoms with E-state index in [9.17, 15) is 4.79 Å². The third-order valence-electron chi connectivity index (χ3n) is 5.70. The molecule has 1 aliphatic carbocycles. The van der Waals surface area contributed by atoms with E-state index in [1.165, 1.54) is 12.8 Å². The molecule has 0 aromatic carbocycles. The molecule has 0 unspecified atom stereocenters. The van der Waals surface area contributed by atoms with E-state index in [2.05, 4.69) is 4.98 Å². The second kappa shape index (κ2) is 7.30. The zero-order valence-corrected chi connectivity index (χ0v) is 14.6. The van der Waals surface area contributed by atoms with Crippen molar-refractivity contribution >= 4 is 5.91 Å². The van der Waals surface area contributed by atoms with E-state index in [0.717, 1.165) is 31.6 Å². The van der Waals surface area contributed by atoms with E-state index in [4.69, 9.17) is 14.2 Å². The summed E-state index contributed by atoms with van der Waals surface area (Å²) in [5, 5.41) is 0. The fourth-order valence-corrected chi connectivity index (χ4v) is 4.11. The van der Waals surface area contributed by atoms with Crippen LogP contribution in [0.5, 0.6) is 5.75 Å². The van der Waals surface area contributed by atoms with Crippen LogP contribution >= 0.6 is 0 Å². The molecule has 3 heterocycles. The average Bonchev–Trinajstić information content (AvgIpc) is 3.27. The molecule has 3 fully saturated rings. The Morgan fingerprint density at radius 1 is 1.32 bits per heavy atom. The standard InChI is InChI=1S/C19H26N2O4/c22-18(12-24-16-4-1-2-5-16)21-13-19(14-21)15(7-9-25-19)11-23-17-6-3-8-20-10-17/h3,6,8,10,15-16H,1-2,4-5,7,9,11-14H2/t15-/m1/s1. The van der Waals surface area contributed by atoms with Crippen molar-refractivity contribution in [2.75, 3.05) is 32.9 Å². The van der Waals surface area contributed by atoms with Crippen molar-refractivity contribution in [3.8, 4) is 5.75 Å². The maximum absolute atomic E-state index is 12.3. The van der Waals surface area contributed by atoms with Gasteiger partial charge in [0.05, 0.1) is 32.0 Å². The summed E-state index contributed by atoms with van der Waals surface area (Å²) >= 11 is 0. The molecule has 6 nitrogen and oxygen atoms in total. The number of rotatable bonds is 6. The van der Waals surface area contributed by atoms with Crippen LogP contribution in [0.1, 0.15) is 32.1 Å². The summed E-state index contributed by atoms with van der Waals surface area (Å²) in [7, 11) is 0. The first-order chi connectivity index (χ1) is 12.3. The largest absolute Gasteiger partial charge is 0.492 e. The quantitative estimate of drug-likeness (QED) is 0.789. The molecule has 136 valence electrons. The van der Waals surface area contributed by atoms with Crippen molar-refractivity contribution in [3.63, 3.8) is 0 Å². The molecular weight excluding hydrogens is 320 g/mol. The lowest BCUT2D eigenvalue weighted by Crippen LogP contribution is -2.67. The zero-order valence-electron chi connectivity index (χ0n) is 14.6. The highest BCUT2D eigenvalue weighted by Gasteiger charge is 2.54. The number of amides is 1. The van der Waals surface area contributed by atoms with Gasteiger partial charge in [0.15, 0.2) is 0 Å². The van der Waals surface area contributed by atoms with Crippen molar-refractivity contribution in [2.24, 2.45) is 5.92 Å². The number of pyridine rings is 1. The number of nitrogens with zero attached hydrogens (tertiary/aromatic N) is 2. The minimum absolute atomic E-state index is 0.0833. The van der Waals surface area contributed by atoms with Gasteiger partial charge < -0.3 is 19.1 Å². The van der Waals surface area contributed by atoms with Crippen molar-refractivity contribution in [1.29, 1.82) is 0 Å². The Balaban J connectivity index is 1.24. The van der Waals surface area contributed by atoms with Gasteiger partial charge in [0.25, 0.3) is 0 Å². The van der Waals surface area contributed by atoms with Gasteiger partial charge in [0, 0.05) is 18.7 Å². The third-order valence-corrected chi connectivity index (χ3v) is 5.70. The normalized spacial score (nSPS) is 25.3. The molecule has 0 bridgehead atoms. The highest BCUT2D eigenvalue weighted by atomic mass is 16.5. The average molecular weight is 346 g/mol. The highest BCUT2D eigenvalue weighted by Crippen LogP contribution is 2.40. The highest BCUT2D eigenvalue weighted by molar-refractivity contribution is 5.78. The first-order valence-corrected chi connectivity index (χ1v) is 9.31. The van der Waals surface area contributed by atoms with Gasteiger partial charge in [-0.05, 0) is 31.4 Å². The molecular formula is C19H26N2O4. The van der Waals surface area contributed by atoms with Crippen LogP contribution in [-0.4, -0.2) is 60.4 Å². The monoisotopic (exact) mass is 346 g/mol. The molecule has 1 aromatic rings. The van der Waals surface area contributed by atoms with Gasteiger partial charge in [-0.1, -0.05) is 12.8 Å². The van der Waals surface area contributed by atoms with Gasteiger partial charge >= 0.3 is 0 Å². The summed E-state index contributed by atoms with van der Waals surface area (Å²) < 4.78 is 17.6. The third kappa shape index (κ3) is 3.65. The SMILES string of the molecule is O=C(COC1CCCC1)N1CC2(C1)OCC[C@@H]2COc1cccnc1. The Morgan fingerprint density at radius 3 is 2.92 bits per heavy atom. The van der Waals surface area contributed by atoms with Crippen LogP contribution in [0.4, 0.5) is 0 Å². The molecule has 1 amide bonds. The maximum Gasteiger partial charge on any atom is 0.248 e. The number of hydrogen-bond donors (Lipinski definition) is 0. The summed E-state index contributed by atoms with van der Waals surface area (Å²) in [6, 6.07) is 3.77. The van der Waals surface area contributed by atoms with Crippen LogP contribution in [-0.2, 0) is 14.3 Å². The van der Waals surface area contributed by atoms with Crippen LogP contribution in [0.2, 0.25) is 0 Å². The topological polar surface area (TPSA) is 60.9 Å². The Hall–Kier alpha value is -1.66. The molecule has 6 heteroatoms. The minimum Gasteiger partial charge on any atom is -0.492 e. The van der Waals surface area contributed by atoms with Crippen LogP contribution in [0, 0.1) is 5.92 Å². The smallest absolute Gasteiger partial charge is 0.248 e. The summed E-state index contributed by atoms with van der Waals surface area (Å²) in [6.07, 6.45) is 9.33. The molecule has 4 rings (SSSR count). The fraction of sp³-hybridized carbons (Fsp3) is 0.684. The number of likely N-dealkylation sites (tertiary alicyclic amines) is 1. The van der Waals surface area contributed by atoms with E-state index in [0.29, 0.717) is 25.6 Å². The minimum atomic E-state index is -0.231. The molecule has 1 aromatic heterocycles. The van der Waals surface area contributed by atoms with Crippen LogP contribution < -0.4 is 4.74 Å². The number of carbonyl (C=O) groups is 1. The van der Waals surface area contributed by atoms with Crippen molar-refractivity contribution in [3.05, 3.63) is 24.5 Å². The second-order valence-corrected chi connectivity index (χ2v) is 7.37. The van der Waals surface area contributed by atoms with Crippen molar-refractivity contribution < 1.29 is 19.0 Å². The van der Waals surface area contributed by atoms with Gasteiger partial charge in [-0.3, -0.25) is 9.78 Å². The molecule has 3 aliphatic rings. The predicted octanol–water partition coefficient (Wildman–Crippen LogP) is 2.04. The zero-order chi connectivity index (χ0) is 17.1. The van der Waals surface area contributed by atoms with Gasteiger partial charge in [-0.25, -0.2) is 0 Å². The summed E-state index contributed by atoms with van der Waals surface area (Å²) in [6.45, 7) is 2.85. The van der Waals surface area contributed by atoms with Gasteiger partial charge in [0.1, 0.15) is 18.0 Å². The van der Waals surface area contributed by atoms with E-state index in [1.54, 1.807) is 12.4 Å². The molecule has 0 N–H and O–H groups in total. The van der Waals surface area contributed by atoms with Crippen LogP contribution in [0.3, 0.4) is 0 Å². The van der Waals surface area contributed by atoms with Crippen LogP contribution in [0.25, 0.3) is 0 Å². The Labute approximate surface area is 148 Å². The second-order valence-electron chi connectivity index (χ2n) is 7.37. The van der Waals surface area contributed by atoms with Gasteiger partial charge in [-0.15, -0.1) is 0 Å². The maximum atomic E-state index is 12.3. The predicted molar refractivity (Wildman–Crippen MR) is 91.3 cm³/mol. The molecule has 0 radical (unpaired) electrons. The van der Waals surface area contributed by atoms with E-state index < -0.39 is 0 Å². The van der Waals surface area contributed by atoms with Gasteiger partial charge in [-0.2, -0.15) is 0 Å². The first kappa shape index (κ1) is 16.8. The Kier molecular flexibility index (Phi) is 4.90. The molecule has 1 saturated carbocycles. The molecule has 2 saturated heterocycles. The van der Waals surface area contributed by atoms with E-state index in [-0.39, 0.29) is 24.2 Å². The summed E-state index contributed by atoms with van der Waals surface area (Å²) in [5.74, 6) is 1.18. The van der Waals surface area contributed by atoms with Crippen molar-refractivity contribution in [2.45, 2.75) is 43.8 Å². The first-order valence-electron chi connectivity index (χ1n) is 9.31. The Morgan fingerprint density at radius 2 is 2.16 bits per heavy atom. The lowest BCUT2D eigenvalue weighted by atomic mass is 9.81. The Bertz CT molecular complexity index is 582. The summed E-state index contributed by atoms with van der Waals surface area (Å²) in [4.78, 5) is 18.2. The molecule has 25 heavy (non-hydrogen) atoms. The van der Waals surface area contributed by atoms with Gasteiger partial charge in [0.2, 0.25) is 5.91 Å². The number of hydrogen-bond acceptors (Lipinski definition) is 5. The lowest BCUT2D eigenvalue weighted by molar-refractivity contribution is -0.171. The number of carbonyl (C=O) groups excluding carboxylic acids is 1. The molecule has 2 aliphatic heterocycles. The lowest BCUT2D eigenvalue weighted by Gasteiger charge is -2.50. The molecule has 1 atom stereocenters. The number of aromatic nitrogens is 1. The van der Waals surface area contributed by atoms with E-state index in [1.807, 2.05) is 17.0 Å². The summed E-state index contributed by atoms with van der Waals surface area (Å²) in [5.41, 5.74) is -0.231. The number of ether oxygens (including phenoxy) is 3. The van der Waals surface area contributed by atoms with E-state index >= 15 is 0 Å². The van der Waals surface area contributed by atoms with Crippen molar-refractivity contribution in [1.82, 2.24) is 9.88 Å². The van der Waals surface area contributed by atoms with Crippen LogP contribution in [0.15, 0.2) is 24.5 Å². The molecule has 1 spiro atoms. The fourth-order valence-electron chi connectivity index (χ4n) is 4.11.